The number of urea groups is 1. The summed E-state index contributed by atoms with van der Waals surface area (Å²) < 4.78 is 0. The van der Waals surface area contributed by atoms with Gasteiger partial charge in [-0.05, 0) is 44.4 Å². The monoisotopic (exact) mass is 247 g/mol. The highest BCUT2D eigenvalue weighted by molar-refractivity contribution is 5.92. The Labute approximate surface area is 108 Å². The molecule has 0 unspecified atom stereocenters. The fourth-order valence-corrected chi connectivity index (χ4v) is 2.01. The van der Waals surface area contributed by atoms with E-state index in [-0.39, 0.29) is 6.03 Å². The minimum absolute atomic E-state index is 0.000602. The molecule has 0 spiro atoms. The van der Waals surface area contributed by atoms with Gasteiger partial charge in [-0.15, -0.1) is 0 Å². The molecule has 2 amide bonds. The Hall–Kier alpha value is -1.55. The Balaban J connectivity index is 2.01. The van der Waals surface area contributed by atoms with Crippen molar-refractivity contribution >= 4 is 11.7 Å². The van der Waals surface area contributed by atoms with Gasteiger partial charge in [0.2, 0.25) is 0 Å². The highest BCUT2D eigenvalue weighted by atomic mass is 16.2. The third-order valence-corrected chi connectivity index (χ3v) is 3.33. The summed E-state index contributed by atoms with van der Waals surface area (Å²) in [5, 5.41) is 3.07. The molecule has 0 bridgehead atoms. The van der Waals surface area contributed by atoms with Gasteiger partial charge in [-0.25, -0.2) is 4.79 Å². The smallest absolute Gasteiger partial charge is 0.322 e. The number of hydrogen-bond donors (Lipinski definition) is 2. The van der Waals surface area contributed by atoms with Crippen molar-refractivity contribution in [3.05, 3.63) is 30.3 Å². The number of rotatable bonds is 5. The third-order valence-electron chi connectivity index (χ3n) is 3.33. The van der Waals surface area contributed by atoms with E-state index in [1.165, 1.54) is 6.42 Å². The molecule has 2 rings (SSSR count). The third kappa shape index (κ3) is 3.23. The zero-order valence-corrected chi connectivity index (χ0v) is 10.6. The molecule has 18 heavy (non-hydrogen) atoms. The average Bonchev–Trinajstić information content (AvgIpc) is 2.36. The SMILES string of the molecule is NCCCN(C(=O)NC1CCC1)c1ccccc1. The summed E-state index contributed by atoms with van der Waals surface area (Å²) in [5.74, 6) is 0. The number of para-hydroxylation sites is 1. The Morgan fingerprint density at radius 1 is 1.33 bits per heavy atom. The minimum Gasteiger partial charge on any atom is -0.335 e. The van der Waals surface area contributed by atoms with Gasteiger partial charge < -0.3 is 11.1 Å². The fraction of sp³-hybridized carbons (Fsp3) is 0.500. The van der Waals surface area contributed by atoms with Crippen molar-refractivity contribution < 1.29 is 4.79 Å². The number of nitrogens with zero attached hydrogens (tertiary/aromatic N) is 1. The summed E-state index contributed by atoms with van der Waals surface area (Å²) in [6.45, 7) is 1.26. The van der Waals surface area contributed by atoms with Gasteiger partial charge in [-0.3, -0.25) is 4.90 Å². The summed E-state index contributed by atoms with van der Waals surface area (Å²) in [5.41, 5.74) is 6.47. The predicted molar refractivity (Wildman–Crippen MR) is 73.6 cm³/mol. The fourth-order valence-electron chi connectivity index (χ4n) is 2.01. The summed E-state index contributed by atoms with van der Waals surface area (Å²) in [4.78, 5) is 14.0. The molecular formula is C14H21N3O. The number of nitrogens with one attached hydrogen (secondary N) is 1. The first-order chi connectivity index (χ1) is 8.81. The second-order valence-corrected chi connectivity index (χ2v) is 4.71. The standard InChI is InChI=1S/C14H21N3O/c15-10-5-11-17(13-8-2-1-3-9-13)14(18)16-12-6-4-7-12/h1-3,8-9,12H,4-7,10-11,15H2,(H,16,18). The molecule has 0 aromatic heterocycles. The van der Waals surface area contributed by atoms with Crippen LogP contribution in [0.5, 0.6) is 0 Å². The minimum atomic E-state index is -0.000602. The lowest BCUT2D eigenvalue weighted by Crippen LogP contribution is -2.48. The molecule has 4 heteroatoms. The molecule has 1 aromatic carbocycles. The molecule has 1 aliphatic rings. The molecule has 1 saturated carbocycles. The van der Waals surface area contributed by atoms with Gasteiger partial charge in [0, 0.05) is 18.3 Å². The second-order valence-electron chi connectivity index (χ2n) is 4.71. The molecule has 0 aliphatic heterocycles. The number of carbonyl (C=O) groups excluding carboxylic acids is 1. The Morgan fingerprint density at radius 2 is 2.06 bits per heavy atom. The van der Waals surface area contributed by atoms with E-state index in [2.05, 4.69) is 5.32 Å². The topological polar surface area (TPSA) is 58.4 Å². The van der Waals surface area contributed by atoms with Gasteiger partial charge in [0.15, 0.2) is 0 Å². The Kier molecular flexibility index (Phi) is 4.59. The van der Waals surface area contributed by atoms with Crippen molar-refractivity contribution in [2.45, 2.75) is 31.7 Å². The van der Waals surface area contributed by atoms with Crippen LogP contribution in [0.15, 0.2) is 30.3 Å². The lowest BCUT2D eigenvalue weighted by Gasteiger charge is -2.30. The van der Waals surface area contributed by atoms with E-state index in [0.717, 1.165) is 24.9 Å². The lowest BCUT2D eigenvalue weighted by molar-refractivity contribution is 0.234. The number of nitrogens with two attached hydrogens (primary N) is 1. The quantitative estimate of drug-likeness (QED) is 0.837. The first kappa shape index (κ1) is 12.9. The second kappa shape index (κ2) is 6.40. The van der Waals surface area contributed by atoms with E-state index in [1.807, 2.05) is 30.3 Å². The van der Waals surface area contributed by atoms with E-state index < -0.39 is 0 Å². The van der Waals surface area contributed by atoms with Crippen molar-refractivity contribution in [1.82, 2.24) is 5.32 Å². The molecule has 1 aromatic rings. The van der Waals surface area contributed by atoms with Gasteiger partial charge in [0.1, 0.15) is 0 Å². The van der Waals surface area contributed by atoms with Crippen LogP contribution in [-0.2, 0) is 0 Å². The first-order valence-corrected chi connectivity index (χ1v) is 6.64. The molecular weight excluding hydrogens is 226 g/mol. The van der Waals surface area contributed by atoms with E-state index in [0.29, 0.717) is 19.1 Å². The van der Waals surface area contributed by atoms with Crippen LogP contribution in [0.4, 0.5) is 10.5 Å². The van der Waals surface area contributed by atoms with Gasteiger partial charge >= 0.3 is 6.03 Å². The molecule has 3 N–H and O–H groups in total. The maximum Gasteiger partial charge on any atom is 0.322 e. The largest absolute Gasteiger partial charge is 0.335 e. The summed E-state index contributed by atoms with van der Waals surface area (Å²) in [7, 11) is 0. The van der Waals surface area contributed by atoms with Crippen molar-refractivity contribution in [3.8, 4) is 0 Å². The highest BCUT2D eigenvalue weighted by Crippen LogP contribution is 2.20. The number of anilines is 1. The maximum absolute atomic E-state index is 12.2. The van der Waals surface area contributed by atoms with Crippen LogP contribution in [0.3, 0.4) is 0 Å². The van der Waals surface area contributed by atoms with Crippen LogP contribution in [0.1, 0.15) is 25.7 Å². The van der Waals surface area contributed by atoms with E-state index in [4.69, 9.17) is 5.73 Å². The Morgan fingerprint density at radius 3 is 2.61 bits per heavy atom. The van der Waals surface area contributed by atoms with Crippen LogP contribution >= 0.6 is 0 Å². The molecule has 0 saturated heterocycles. The lowest BCUT2D eigenvalue weighted by atomic mass is 9.93. The molecule has 0 heterocycles. The molecule has 4 nitrogen and oxygen atoms in total. The van der Waals surface area contributed by atoms with Gasteiger partial charge in [0.05, 0.1) is 0 Å². The first-order valence-electron chi connectivity index (χ1n) is 6.64. The zero-order chi connectivity index (χ0) is 12.8. The number of hydrogen-bond acceptors (Lipinski definition) is 2. The van der Waals surface area contributed by atoms with Gasteiger partial charge in [-0.2, -0.15) is 0 Å². The number of carbonyl (C=O) groups is 1. The van der Waals surface area contributed by atoms with Crippen LogP contribution in [0.2, 0.25) is 0 Å². The van der Waals surface area contributed by atoms with Gasteiger partial charge in [0.25, 0.3) is 0 Å². The van der Waals surface area contributed by atoms with Crippen LogP contribution in [0.25, 0.3) is 0 Å². The predicted octanol–water partition coefficient (Wildman–Crippen LogP) is 2.10. The average molecular weight is 247 g/mol. The van der Waals surface area contributed by atoms with Crippen LogP contribution in [0, 0.1) is 0 Å². The van der Waals surface area contributed by atoms with Crippen molar-refractivity contribution in [2.24, 2.45) is 5.73 Å². The zero-order valence-electron chi connectivity index (χ0n) is 10.6. The van der Waals surface area contributed by atoms with E-state index in [1.54, 1.807) is 4.90 Å². The van der Waals surface area contributed by atoms with Crippen molar-refractivity contribution in [1.29, 1.82) is 0 Å². The number of amides is 2. The summed E-state index contributed by atoms with van der Waals surface area (Å²) in [6.07, 6.45) is 4.24. The number of benzene rings is 1. The van der Waals surface area contributed by atoms with Crippen molar-refractivity contribution in [3.63, 3.8) is 0 Å². The molecule has 1 aliphatic carbocycles. The summed E-state index contributed by atoms with van der Waals surface area (Å²) in [6, 6.07) is 10.1. The maximum atomic E-state index is 12.2. The summed E-state index contributed by atoms with van der Waals surface area (Å²) >= 11 is 0. The normalized spacial score (nSPS) is 14.9. The van der Waals surface area contributed by atoms with Gasteiger partial charge in [-0.1, -0.05) is 18.2 Å². The molecule has 98 valence electrons. The Bertz CT molecular complexity index is 376. The molecule has 0 atom stereocenters. The van der Waals surface area contributed by atoms with E-state index >= 15 is 0 Å². The highest BCUT2D eigenvalue weighted by Gasteiger charge is 2.23. The van der Waals surface area contributed by atoms with Crippen LogP contribution in [-0.4, -0.2) is 25.2 Å². The van der Waals surface area contributed by atoms with Crippen molar-refractivity contribution in [2.75, 3.05) is 18.0 Å². The van der Waals surface area contributed by atoms with Crippen LogP contribution < -0.4 is 16.0 Å². The van der Waals surface area contributed by atoms with E-state index in [9.17, 15) is 4.79 Å². The molecule has 1 fully saturated rings. The molecule has 0 radical (unpaired) electrons.